The summed E-state index contributed by atoms with van der Waals surface area (Å²) in [6, 6.07) is 16.0. The lowest BCUT2D eigenvalue weighted by Gasteiger charge is -2.12. The van der Waals surface area contributed by atoms with Crippen molar-refractivity contribution in [3.63, 3.8) is 0 Å². The number of aromatic nitrogens is 4. The molecule has 0 atom stereocenters. The van der Waals surface area contributed by atoms with E-state index in [0.29, 0.717) is 30.4 Å². The minimum absolute atomic E-state index is 0.278. The molecule has 4 rings (SSSR count). The molecule has 0 spiro atoms. The second kappa shape index (κ2) is 7.96. The monoisotopic (exact) mass is 376 g/mol. The standard InChI is InChI=1S/C21H20N4O3/c1-3-27-18-11-15(28-13-14-7-5-4-6-8-14)9-10-16(18)19-23-17-12-22-21(26-2)25-20(17)24-19/h4-12H,3,13H2,1-2H3,(H,22,23,24,25). The van der Waals surface area contributed by atoms with Gasteiger partial charge in [0.25, 0.3) is 0 Å². The predicted octanol–water partition coefficient (Wildman–Crippen LogP) is 4.01. The van der Waals surface area contributed by atoms with E-state index in [1.54, 1.807) is 6.20 Å². The van der Waals surface area contributed by atoms with Crippen molar-refractivity contribution in [3.8, 4) is 28.9 Å². The fourth-order valence-corrected chi connectivity index (χ4v) is 2.82. The number of fused-ring (bicyclic) bond motifs is 1. The van der Waals surface area contributed by atoms with Crippen molar-refractivity contribution in [1.29, 1.82) is 0 Å². The molecule has 0 unspecified atom stereocenters. The van der Waals surface area contributed by atoms with E-state index in [9.17, 15) is 0 Å². The first-order valence-electron chi connectivity index (χ1n) is 8.97. The van der Waals surface area contributed by atoms with Crippen LogP contribution in [-0.2, 0) is 6.61 Å². The fourth-order valence-electron chi connectivity index (χ4n) is 2.82. The number of hydrogen-bond donors (Lipinski definition) is 1. The molecule has 1 N–H and O–H groups in total. The highest BCUT2D eigenvalue weighted by Gasteiger charge is 2.14. The zero-order valence-corrected chi connectivity index (χ0v) is 15.7. The first kappa shape index (κ1) is 17.8. The maximum Gasteiger partial charge on any atom is 0.318 e. The summed E-state index contributed by atoms with van der Waals surface area (Å²) in [5.41, 5.74) is 3.19. The third-order valence-corrected chi connectivity index (χ3v) is 4.16. The van der Waals surface area contributed by atoms with Gasteiger partial charge in [-0.15, -0.1) is 0 Å². The van der Waals surface area contributed by atoms with Crippen molar-refractivity contribution in [1.82, 2.24) is 19.9 Å². The summed E-state index contributed by atoms with van der Waals surface area (Å²) in [5.74, 6) is 2.07. The van der Waals surface area contributed by atoms with E-state index in [1.807, 2.05) is 55.5 Å². The molecule has 28 heavy (non-hydrogen) atoms. The van der Waals surface area contributed by atoms with Crippen LogP contribution in [0.5, 0.6) is 17.5 Å². The Balaban J connectivity index is 1.63. The minimum Gasteiger partial charge on any atom is -0.493 e. The SMILES string of the molecule is CCOc1cc(OCc2ccccc2)ccc1-c1nc2nc(OC)ncc2[nH]1. The van der Waals surface area contributed by atoms with Crippen molar-refractivity contribution in [3.05, 3.63) is 60.3 Å². The van der Waals surface area contributed by atoms with Crippen LogP contribution >= 0.6 is 0 Å². The molecule has 0 aliphatic rings. The lowest BCUT2D eigenvalue weighted by molar-refractivity contribution is 0.300. The van der Waals surface area contributed by atoms with Gasteiger partial charge in [-0.1, -0.05) is 30.3 Å². The summed E-state index contributed by atoms with van der Waals surface area (Å²) in [5, 5.41) is 0. The minimum atomic E-state index is 0.278. The molecule has 2 aromatic heterocycles. The van der Waals surface area contributed by atoms with Crippen molar-refractivity contribution in [2.45, 2.75) is 13.5 Å². The molecular weight excluding hydrogens is 356 g/mol. The lowest BCUT2D eigenvalue weighted by atomic mass is 10.1. The first-order valence-corrected chi connectivity index (χ1v) is 8.97. The largest absolute Gasteiger partial charge is 0.493 e. The zero-order chi connectivity index (χ0) is 19.3. The van der Waals surface area contributed by atoms with E-state index in [2.05, 4.69) is 19.9 Å². The topological polar surface area (TPSA) is 82.2 Å². The Hall–Kier alpha value is -3.61. The third kappa shape index (κ3) is 3.73. The Morgan fingerprint density at radius 3 is 2.64 bits per heavy atom. The van der Waals surface area contributed by atoms with Gasteiger partial charge in [-0.2, -0.15) is 4.98 Å². The van der Waals surface area contributed by atoms with E-state index >= 15 is 0 Å². The van der Waals surface area contributed by atoms with Crippen LogP contribution in [0.15, 0.2) is 54.7 Å². The smallest absolute Gasteiger partial charge is 0.318 e. The predicted molar refractivity (Wildman–Crippen MR) is 106 cm³/mol. The highest BCUT2D eigenvalue weighted by molar-refractivity contribution is 5.77. The average molecular weight is 376 g/mol. The highest BCUT2D eigenvalue weighted by Crippen LogP contribution is 2.33. The van der Waals surface area contributed by atoms with Crippen LogP contribution in [0.2, 0.25) is 0 Å². The van der Waals surface area contributed by atoms with Gasteiger partial charge in [-0.3, -0.25) is 0 Å². The highest BCUT2D eigenvalue weighted by atomic mass is 16.5. The van der Waals surface area contributed by atoms with E-state index in [1.165, 1.54) is 7.11 Å². The van der Waals surface area contributed by atoms with Gasteiger partial charge in [-0.25, -0.2) is 9.97 Å². The molecule has 4 aromatic rings. The molecule has 0 saturated heterocycles. The molecule has 0 bridgehead atoms. The molecular formula is C21H20N4O3. The summed E-state index contributed by atoms with van der Waals surface area (Å²) < 4.78 is 16.8. The molecule has 0 radical (unpaired) electrons. The summed E-state index contributed by atoms with van der Waals surface area (Å²) >= 11 is 0. The molecule has 0 amide bonds. The second-order valence-electron chi connectivity index (χ2n) is 6.04. The lowest BCUT2D eigenvalue weighted by Crippen LogP contribution is -1.98. The van der Waals surface area contributed by atoms with E-state index < -0.39 is 0 Å². The Morgan fingerprint density at radius 1 is 1.00 bits per heavy atom. The molecule has 0 fully saturated rings. The Morgan fingerprint density at radius 2 is 1.86 bits per heavy atom. The number of imidazole rings is 1. The molecule has 0 saturated carbocycles. The number of H-pyrrole nitrogens is 1. The number of nitrogens with zero attached hydrogens (tertiary/aromatic N) is 3. The third-order valence-electron chi connectivity index (χ3n) is 4.16. The number of aromatic amines is 1. The van der Waals surface area contributed by atoms with Crippen LogP contribution in [0.3, 0.4) is 0 Å². The number of methoxy groups -OCH3 is 1. The number of ether oxygens (including phenoxy) is 3. The van der Waals surface area contributed by atoms with Crippen LogP contribution in [-0.4, -0.2) is 33.7 Å². The van der Waals surface area contributed by atoms with E-state index in [4.69, 9.17) is 14.2 Å². The summed E-state index contributed by atoms with van der Waals surface area (Å²) in [7, 11) is 1.52. The van der Waals surface area contributed by atoms with Gasteiger partial charge in [0.2, 0.25) is 0 Å². The van der Waals surface area contributed by atoms with Crippen molar-refractivity contribution >= 4 is 11.2 Å². The van der Waals surface area contributed by atoms with Crippen molar-refractivity contribution < 1.29 is 14.2 Å². The van der Waals surface area contributed by atoms with Gasteiger partial charge in [0.05, 0.1) is 25.5 Å². The summed E-state index contributed by atoms with van der Waals surface area (Å²) in [6.07, 6.45) is 1.65. The second-order valence-corrected chi connectivity index (χ2v) is 6.04. The fraction of sp³-hybridized carbons (Fsp3) is 0.190. The maximum absolute atomic E-state index is 5.91. The van der Waals surface area contributed by atoms with Gasteiger partial charge in [-0.05, 0) is 24.6 Å². The van der Waals surface area contributed by atoms with Gasteiger partial charge >= 0.3 is 6.01 Å². The van der Waals surface area contributed by atoms with Crippen molar-refractivity contribution in [2.75, 3.05) is 13.7 Å². The average Bonchev–Trinajstić information content (AvgIpc) is 3.16. The molecule has 0 aliphatic heterocycles. The Bertz CT molecular complexity index is 1080. The molecule has 7 nitrogen and oxygen atoms in total. The normalized spacial score (nSPS) is 10.8. The maximum atomic E-state index is 5.91. The number of benzene rings is 2. The molecule has 142 valence electrons. The Kier molecular flexibility index (Phi) is 5.05. The van der Waals surface area contributed by atoms with Gasteiger partial charge < -0.3 is 19.2 Å². The number of nitrogens with one attached hydrogen (secondary N) is 1. The van der Waals surface area contributed by atoms with Crippen LogP contribution in [0.4, 0.5) is 0 Å². The van der Waals surface area contributed by atoms with E-state index in [-0.39, 0.29) is 6.01 Å². The zero-order valence-electron chi connectivity index (χ0n) is 15.7. The van der Waals surface area contributed by atoms with Crippen LogP contribution in [0.25, 0.3) is 22.6 Å². The van der Waals surface area contributed by atoms with Gasteiger partial charge in [0.1, 0.15) is 29.4 Å². The van der Waals surface area contributed by atoms with Crippen LogP contribution in [0, 0.1) is 0 Å². The molecule has 7 heteroatoms. The molecule has 0 aliphatic carbocycles. The Labute approximate surface area is 162 Å². The molecule has 2 aromatic carbocycles. The van der Waals surface area contributed by atoms with Crippen molar-refractivity contribution in [2.24, 2.45) is 0 Å². The molecule has 2 heterocycles. The quantitative estimate of drug-likeness (QED) is 0.525. The van der Waals surface area contributed by atoms with Crippen LogP contribution < -0.4 is 14.2 Å². The van der Waals surface area contributed by atoms with Gasteiger partial charge in [0, 0.05) is 6.07 Å². The number of hydrogen-bond acceptors (Lipinski definition) is 6. The summed E-state index contributed by atoms with van der Waals surface area (Å²) in [4.78, 5) is 16.1. The summed E-state index contributed by atoms with van der Waals surface area (Å²) in [6.45, 7) is 2.96. The first-order chi connectivity index (χ1) is 13.8. The van der Waals surface area contributed by atoms with Crippen LogP contribution in [0.1, 0.15) is 12.5 Å². The van der Waals surface area contributed by atoms with Gasteiger partial charge in [0.15, 0.2) is 5.65 Å². The van der Waals surface area contributed by atoms with E-state index in [0.717, 1.165) is 22.4 Å². The number of rotatable bonds is 7.